The molecule has 1 heterocycles. The van der Waals surface area contributed by atoms with E-state index in [1.807, 2.05) is 4.68 Å². The molecule has 1 aromatic carbocycles. The van der Waals surface area contributed by atoms with Crippen LogP contribution in [0.1, 0.15) is 59.3 Å². The maximum absolute atomic E-state index is 6.08. The van der Waals surface area contributed by atoms with E-state index in [1.54, 1.807) is 3.58 Å². The van der Waals surface area contributed by atoms with Gasteiger partial charge in [0.1, 0.15) is 0 Å². The zero-order valence-electron chi connectivity index (χ0n) is 25.0. The summed E-state index contributed by atoms with van der Waals surface area (Å²) in [5.41, 5.74) is 2.30. The average Bonchev–Trinajstić information content (AvgIpc) is 3.26. The van der Waals surface area contributed by atoms with Crippen LogP contribution in [0.4, 0.5) is 0 Å². The van der Waals surface area contributed by atoms with Crippen molar-refractivity contribution in [3.8, 4) is 11.3 Å². The van der Waals surface area contributed by atoms with Crippen LogP contribution in [0.25, 0.3) is 11.3 Å². The minimum atomic E-state index is -2.41. The van der Waals surface area contributed by atoms with E-state index in [4.69, 9.17) is 9.84 Å². The quantitative estimate of drug-likeness (QED) is 0.131. The van der Waals surface area contributed by atoms with Gasteiger partial charge in [0, 0.05) is 0 Å². The van der Waals surface area contributed by atoms with Crippen LogP contribution in [-0.2, 0) is 11.5 Å². The van der Waals surface area contributed by atoms with Crippen molar-refractivity contribution in [3.05, 3.63) is 24.3 Å². The molecule has 0 aliphatic carbocycles. The predicted molar refractivity (Wildman–Crippen MR) is 167 cm³/mol. The first-order valence-corrected chi connectivity index (χ1v) is 29.3. The third-order valence-corrected chi connectivity index (χ3v) is 26.7. The van der Waals surface area contributed by atoms with Crippen LogP contribution in [0.5, 0.6) is 0 Å². The van der Waals surface area contributed by atoms with Gasteiger partial charge >= 0.3 is 210 Å². The fourth-order valence-electron chi connectivity index (χ4n) is 5.20. The van der Waals surface area contributed by atoms with Crippen LogP contribution < -0.4 is 8.90 Å². The van der Waals surface area contributed by atoms with Gasteiger partial charge in [0.25, 0.3) is 0 Å². The Morgan fingerprint density at radius 3 is 1.78 bits per heavy atom. The standard InChI is InChI=1S/C17H28N3OSi2.3C4H9.Sn/c1-22(2,3)13-12-21-14-20-17(23(4,5)6)16(18-19-20)15-10-8-7-9-11-15;3*1-3-4-2;/h8-11H,12-14H2,1-6H3;3*1,3-4H2,2H3;. The first kappa shape index (κ1) is 31.8. The Balaban J connectivity index is 2.35. The minimum absolute atomic E-state index is 0.514. The summed E-state index contributed by atoms with van der Waals surface area (Å²) < 4.78 is 14.4. The van der Waals surface area contributed by atoms with Crippen molar-refractivity contribution < 1.29 is 4.74 Å². The average molecular weight is 637 g/mol. The molecule has 4 nitrogen and oxygen atoms in total. The van der Waals surface area contributed by atoms with Gasteiger partial charge in [0.05, 0.1) is 0 Å². The van der Waals surface area contributed by atoms with E-state index in [9.17, 15) is 0 Å². The number of benzene rings is 1. The van der Waals surface area contributed by atoms with Crippen molar-refractivity contribution in [2.45, 2.75) is 125 Å². The molecular formula is C29H55N3OSi2Sn. The van der Waals surface area contributed by atoms with E-state index in [1.165, 1.54) is 68.8 Å². The second-order valence-corrected chi connectivity index (χ2v) is 36.9. The number of aromatic nitrogens is 3. The van der Waals surface area contributed by atoms with Gasteiger partial charge in [-0.25, -0.2) is 0 Å². The van der Waals surface area contributed by atoms with Gasteiger partial charge in [-0.05, 0) is 0 Å². The van der Waals surface area contributed by atoms with Crippen molar-refractivity contribution >= 4 is 43.4 Å². The van der Waals surface area contributed by atoms with Crippen molar-refractivity contribution in [2.24, 2.45) is 0 Å². The molecule has 1 aromatic heterocycles. The van der Waals surface area contributed by atoms with Crippen molar-refractivity contribution in [1.29, 1.82) is 0 Å². The summed E-state index contributed by atoms with van der Waals surface area (Å²) >= 11 is -2.41. The van der Waals surface area contributed by atoms with Gasteiger partial charge < -0.3 is 0 Å². The number of ether oxygens (including phenoxy) is 1. The summed E-state index contributed by atoms with van der Waals surface area (Å²) in [6.07, 6.45) is 8.15. The Morgan fingerprint density at radius 2 is 1.33 bits per heavy atom. The zero-order valence-corrected chi connectivity index (χ0v) is 29.9. The van der Waals surface area contributed by atoms with Gasteiger partial charge in [-0.1, -0.05) is 19.6 Å². The van der Waals surface area contributed by atoms with Gasteiger partial charge in [0.2, 0.25) is 0 Å². The number of hydrogen-bond acceptors (Lipinski definition) is 3. The SMILES string of the molecule is CCC[CH2][Sn]([CH2]CCC)([CH2]CCC)[c]1ccc(-c2nnn(COCC[Si](C)(C)C)c2[Si](C)(C)C)cc1. The zero-order chi connectivity index (χ0) is 26.8. The van der Waals surface area contributed by atoms with Gasteiger partial charge in [-0.2, -0.15) is 0 Å². The molecule has 0 N–H and O–H groups in total. The molecule has 7 heteroatoms. The number of rotatable bonds is 17. The van der Waals surface area contributed by atoms with E-state index in [-0.39, 0.29) is 0 Å². The first-order chi connectivity index (χ1) is 17.0. The second kappa shape index (κ2) is 14.6. The van der Waals surface area contributed by atoms with Crippen LogP contribution >= 0.6 is 0 Å². The monoisotopic (exact) mass is 637 g/mol. The summed E-state index contributed by atoms with van der Waals surface area (Å²) in [6.45, 7) is 22.8. The number of hydrogen-bond donors (Lipinski definition) is 0. The molecule has 0 atom stereocenters. The summed E-state index contributed by atoms with van der Waals surface area (Å²) in [6, 6.07) is 10.9. The summed E-state index contributed by atoms with van der Waals surface area (Å²) in [7, 11) is -2.77. The summed E-state index contributed by atoms with van der Waals surface area (Å²) in [4.78, 5) is 0. The predicted octanol–water partition coefficient (Wildman–Crippen LogP) is 7.86. The van der Waals surface area contributed by atoms with Crippen molar-refractivity contribution in [1.82, 2.24) is 15.0 Å². The third kappa shape index (κ3) is 9.38. The Kier molecular flexibility index (Phi) is 12.9. The molecule has 0 aliphatic rings. The van der Waals surface area contributed by atoms with Crippen LogP contribution in [0, 0.1) is 0 Å². The summed E-state index contributed by atoms with van der Waals surface area (Å²) in [5.74, 6) is 0. The van der Waals surface area contributed by atoms with Crippen molar-refractivity contribution in [3.63, 3.8) is 0 Å². The molecular weight excluding hydrogens is 581 g/mol. The fraction of sp³-hybridized carbons (Fsp3) is 0.724. The second-order valence-electron chi connectivity index (χ2n) is 13.1. The number of nitrogens with zero attached hydrogens (tertiary/aromatic N) is 3. The first-order valence-electron chi connectivity index (χ1n) is 14.6. The molecule has 2 rings (SSSR count). The molecule has 0 aliphatic heterocycles. The van der Waals surface area contributed by atoms with E-state index in [0.717, 1.165) is 12.3 Å². The molecule has 2 aromatic rings. The Hall–Kier alpha value is -0.448. The van der Waals surface area contributed by atoms with E-state index >= 15 is 0 Å². The molecule has 0 unspecified atom stereocenters. The van der Waals surface area contributed by atoms with E-state index in [2.05, 4.69) is 89.5 Å². The summed E-state index contributed by atoms with van der Waals surface area (Å²) in [5, 5.41) is 10.6. The fourth-order valence-corrected chi connectivity index (χ4v) is 23.7. The molecule has 0 spiro atoms. The van der Waals surface area contributed by atoms with Crippen molar-refractivity contribution in [2.75, 3.05) is 6.61 Å². The van der Waals surface area contributed by atoms with Crippen LogP contribution in [0.15, 0.2) is 24.3 Å². The van der Waals surface area contributed by atoms with Gasteiger partial charge in [0.15, 0.2) is 0 Å². The van der Waals surface area contributed by atoms with Crippen LogP contribution in [0.3, 0.4) is 0 Å². The molecule has 36 heavy (non-hydrogen) atoms. The molecule has 204 valence electrons. The normalized spacial score (nSPS) is 12.9. The molecule has 0 saturated heterocycles. The maximum atomic E-state index is 6.08. The molecule has 0 amide bonds. The Bertz CT molecular complexity index is 879. The van der Waals surface area contributed by atoms with E-state index in [0.29, 0.717) is 6.73 Å². The molecule has 0 radical (unpaired) electrons. The topological polar surface area (TPSA) is 39.9 Å². The van der Waals surface area contributed by atoms with Gasteiger partial charge in [-0.15, -0.1) is 0 Å². The molecule has 0 bridgehead atoms. The Labute approximate surface area is 228 Å². The molecule has 0 saturated carbocycles. The number of unbranched alkanes of at least 4 members (excludes halogenated alkanes) is 3. The van der Waals surface area contributed by atoms with Crippen LogP contribution in [-0.4, -0.2) is 56.1 Å². The van der Waals surface area contributed by atoms with Gasteiger partial charge in [-0.3, -0.25) is 0 Å². The third-order valence-electron chi connectivity index (χ3n) is 7.45. The van der Waals surface area contributed by atoms with E-state index < -0.39 is 34.5 Å². The Morgan fingerprint density at radius 1 is 0.806 bits per heavy atom. The molecule has 0 fully saturated rings. The van der Waals surface area contributed by atoms with Crippen LogP contribution in [0.2, 0.25) is 58.6 Å².